The van der Waals surface area contributed by atoms with Crippen molar-refractivity contribution in [2.24, 2.45) is 0 Å². The lowest BCUT2D eigenvalue weighted by Gasteiger charge is -2.10. The van der Waals surface area contributed by atoms with Gasteiger partial charge in [-0.1, -0.05) is 17.7 Å². The van der Waals surface area contributed by atoms with Crippen molar-refractivity contribution in [3.05, 3.63) is 58.6 Å². The van der Waals surface area contributed by atoms with E-state index >= 15 is 0 Å². The molecule has 3 rings (SSSR count). The number of nitrogens with zero attached hydrogens (tertiary/aromatic N) is 2. The largest absolute Gasteiger partial charge is 0.478 e. The number of hydrogen-bond donors (Lipinski definition) is 1. The Morgan fingerprint density at radius 3 is 2.76 bits per heavy atom. The Labute approximate surface area is 124 Å². The van der Waals surface area contributed by atoms with E-state index in [1.165, 1.54) is 24.3 Å². The smallest absolute Gasteiger partial charge is 0.335 e. The average Bonchev–Trinajstić information content (AvgIpc) is 2.74. The second-order valence-corrected chi connectivity index (χ2v) is 4.98. The maximum atomic E-state index is 14.1. The summed E-state index contributed by atoms with van der Waals surface area (Å²) in [6, 6.07) is 8.95. The zero-order valence-corrected chi connectivity index (χ0v) is 11.7. The molecule has 6 heteroatoms. The fourth-order valence-electron chi connectivity index (χ4n) is 2.32. The van der Waals surface area contributed by atoms with E-state index in [0.29, 0.717) is 16.9 Å². The van der Waals surface area contributed by atoms with E-state index in [9.17, 15) is 9.18 Å². The molecule has 0 saturated heterocycles. The summed E-state index contributed by atoms with van der Waals surface area (Å²) >= 11 is 6.09. The number of benzene rings is 2. The van der Waals surface area contributed by atoms with Gasteiger partial charge in [0.2, 0.25) is 0 Å². The molecule has 0 atom stereocenters. The third-order valence-corrected chi connectivity index (χ3v) is 3.54. The van der Waals surface area contributed by atoms with E-state index in [2.05, 4.69) is 4.98 Å². The number of hydrogen-bond acceptors (Lipinski definition) is 2. The number of carboxylic acid groups (broad SMARTS) is 1. The van der Waals surface area contributed by atoms with Gasteiger partial charge < -0.3 is 5.11 Å². The van der Waals surface area contributed by atoms with Crippen LogP contribution in [0.2, 0.25) is 5.02 Å². The van der Waals surface area contributed by atoms with Gasteiger partial charge in [0.25, 0.3) is 0 Å². The lowest BCUT2D eigenvalue weighted by molar-refractivity contribution is 0.0697. The maximum absolute atomic E-state index is 14.1. The number of aromatic carboxylic acids is 1. The van der Waals surface area contributed by atoms with Crippen molar-refractivity contribution in [3.8, 4) is 5.69 Å². The molecule has 0 aliphatic heterocycles. The number of rotatable bonds is 2. The van der Waals surface area contributed by atoms with Gasteiger partial charge in [-0.05, 0) is 37.3 Å². The number of carboxylic acids is 1. The fraction of sp³-hybridized carbons (Fsp3) is 0.0667. The van der Waals surface area contributed by atoms with Crippen molar-refractivity contribution in [2.75, 3.05) is 0 Å². The van der Waals surface area contributed by atoms with Crippen LogP contribution in [0.15, 0.2) is 36.4 Å². The highest BCUT2D eigenvalue weighted by atomic mass is 35.5. The minimum atomic E-state index is -1.03. The van der Waals surface area contributed by atoms with Crippen molar-refractivity contribution >= 4 is 28.6 Å². The Bertz CT molecular complexity index is 853. The minimum absolute atomic E-state index is 0.131. The molecule has 1 heterocycles. The molecule has 0 bridgehead atoms. The third-order valence-electron chi connectivity index (χ3n) is 3.23. The van der Waals surface area contributed by atoms with Gasteiger partial charge in [-0.25, -0.2) is 14.2 Å². The minimum Gasteiger partial charge on any atom is -0.478 e. The molecule has 0 radical (unpaired) electrons. The molecule has 106 valence electrons. The number of halogens is 2. The quantitative estimate of drug-likeness (QED) is 0.783. The summed E-state index contributed by atoms with van der Waals surface area (Å²) in [4.78, 5) is 15.3. The third kappa shape index (κ3) is 2.15. The molecule has 0 saturated carbocycles. The number of carbonyl (C=O) groups is 1. The van der Waals surface area contributed by atoms with Gasteiger partial charge in [0.1, 0.15) is 17.3 Å². The molecule has 3 aromatic rings. The lowest BCUT2D eigenvalue weighted by atomic mass is 10.2. The van der Waals surface area contributed by atoms with Crippen LogP contribution >= 0.6 is 11.6 Å². The monoisotopic (exact) mass is 304 g/mol. The molecule has 0 amide bonds. The Kier molecular flexibility index (Phi) is 3.14. The number of aromatic nitrogens is 2. The molecule has 0 aliphatic carbocycles. The normalized spacial score (nSPS) is 11.0. The molecule has 0 aliphatic rings. The highest BCUT2D eigenvalue weighted by molar-refractivity contribution is 6.32. The molecule has 21 heavy (non-hydrogen) atoms. The topological polar surface area (TPSA) is 55.1 Å². The van der Waals surface area contributed by atoms with Gasteiger partial charge in [0.15, 0.2) is 0 Å². The number of imidazole rings is 1. The van der Waals surface area contributed by atoms with Crippen molar-refractivity contribution in [2.45, 2.75) is 6.92 Å². The summed E-state index contributed by atoms with van der Waals surface area (Å²) in [5.41, 5.74) is 1.42. The maximum Gasteiger partial charge on any atom is 0.335 e. The van der Waals surface area contributed by atoms with Crippen LogP contribution in [0.4, 0.5) is 4.39 Å². The first-order valence-corrected chi connectivity index (χ1v) is 6.53. The zero-order chi connectivity index (χ0) is 15.1. The predicted molar refractivity (Wildman–Crippen MR) is 77.7 cm³/mol. The highest BCUT2D eigenvalue weighted by Gasteiger charge is 2.16. The van der Waals surface area contributed by atoms with E-state index in [4.69, 9.17) is 16.7 Å². The molecule has 0 spiro atoms. The Morgan fingerprint density at radius 1 is 1.33 bits per heavy atom. The van der Waals surface area contributed by atoms with Crippen molar-refractivity contribution in [1.29, 1.82) is 0 Å². The van der Waals surface area contributed by atoms with Gasteiger partial charge in [-0.3, -0.25) is 4.57 Å². The molecular formula is C15H10ClFN2O2. The first kappa shape index (κ1) is 13.6. The fourth-order valence-corrected chi connectivity index (χ4v) is 2.57. The Morgan fingerprint density at radius 2 is 2.10 bits per heavy atom. The number of aryl methyl sites for hydroxylation is 1. The van der Waals surface area contributed by atoms with E-state index in [0.717, 1.165) is 0 Å². The number of fused-ring (bicyclic) bond motifs is 1. The molecule has 1 aromatic heterocycles. The van der Waals surface area contributed by atoms with Gasteiger partial charge in [0.05, 0.1) is 21.6 Å². The van der Waals surface area contributed by atoms with Crippen molar-refractivity contribution in [3.63, 3.8) is 0 Å². The van der Waals surface area contributed by atoms with E-state index in [1.807, 2.05) is 0 Å². The van der Waals surface area contributed by atoms with Crippen LogP contribution in [0.25, 0.3) is 16.7 Å². The molecule has 1 N–H and O–H groups in total. The van der Waals surface area contributed by atoms with Crippen LogP contribution in [0.1, 0.15) is 16.2 Å². The average molecular weight is 305 g/mol. The van der Waals surface area contributed by atoms with E-state index in [-0.39, 0.29) is 16.3 Å². The summed E-state index contributed by atoms with van der Waals surface area (Å²) in [5.74, 6) is -0.972. The summed E-state index contributed by atoms with van der Waals surface area (Å²) in [6.07, 6.45) is 0. The van der Waals surface area contributed by atoms with E-state index < -0.39 is 11.8 Å². The molecule has 4 nitrogen and oxygen atoms in total. The van der Waals surface area contributed by atoms with E-state index in [1.54, 1.807) is 23.6 Å². The zero-order valence-electron chi connectivity index (χ0n) is 11.0. The first-order chi connectivity index (χ1) is 9.99. The van der Waals surface area contributed by atoms with Gasteiger partial charge >= 0.3 is 5.97 Å². The summed E-state index contributed by atoms with van der Waals surface area (Å²) in [7, 11) is 0. The molecular weight excluding hydrogens is 295 g/mol. The van der Waals surface area contributed by atoms with Gasteiger partial charge in [-0.2, -0.15) is 0 Å². The van der Waals surface area contributed by atoms with Crippen LogP contribution in [-0.2, 0) is 0 Å². The van der Waals surface area contributed by atoms with Gasteiger partial charge in [-0.15, -0.1) is 0 Å². The second kappa shape index (κ2) is 4.86. The first-order valence-electron chi connectivity index (χ1n) is 6.16. The Hall–Kier alpha value is -2.40. The van der Waals surface area contributed by atoms with Crippen molar-refractivity contribution in [1.82, 2.24) is 9.55 Å². The summed E-state index contributed by atoms with van der Waals surface area (Å²) < 4.78 is 15.7. The lowest BCUT2D eigenvalue weighted by Crippen LogP contribution is -2.01. The van der Waals surface area contributed by atoms with Crippen molar-refractivity contribution < 1.29 is 14.3 Å². The molecule has 2 aromatic carbocycles. The standard InChI is InChI=1S/C15H10ClFN2O2/c1-8-18-12-7-9(15(20)21)5-6-13(12)19(8)14-10(16)3-2-4-11(14)17/h2-7H,1H3,(H,20,21). The molecule has 0 fully saturated rings. The second-order valence-electron chi connectivity index (χ2n) is 4.57. The van der Waals surface area contributed by atoms with Gasteiger partial charge in [0, 0.05) is 0 Å². The van der Waals surface area contributed by atoms with Crippen LogP contribution in [0.5, 0.6) is 0 Å². The SMILES string of the molecule is Cc1nc2cc(C(=O)O)ccc2n1-c1c(F)cccc1Cl. The van der Waals surface area contributed by atoms with Crippen LogP contribution in [0, 0.1) is 12.7 Å². The predicted octanol–water partition coefficient (Wildman–Crippen LogP) is 3.82. The summed E-state index contributed by atoms with van der Waals surface area (Å²) in [6.45, 7) is 1.71. The van der Waals surface area contributed by atoms with Crippen LogP contribution in [0.3, 0.4) is 0 Å². The van der Waals surface area contributed by atoms with Crippen LogP contribution in [-0.4, -0.2) is 20.6 Å². The molecule has 0 unspecified atom stereocenters. The number of para-hydroxylation sites is 1. The van der Waals surface area contributed by atoms with Crippen LogP contribution < -0.4 is 0 Å². The highest BCUT2D eigenvalue weighted by Crippen LogP contribution is 2.29. The summed E-state index contributed by atoms with van der Waals surface area (Å²) in [5, 5.41) is 9.27. The Balaban J connectivity index is 2.33.